The van der Waals surface area contributed by atoms with Gasteiger partial charge in [-0.2, -0.15) is 4.39 Å². The molecular formula is C26H23F2N3O3. The first-order chi connectivity index (χ1) is 16.5. The minimum absolute atomic E-state index is 0.0385. The summed E-state index contributed by atoms with van der Waals surface area (Å²) in [6.07, 6.45) is 1.38. The van der Waals surface area contributed by atoms with E-state index in [4.69, 9.17) is 4.74 Å². The molecule has 1 N–H and O–H groups in total. The largest absolute Gasteiger partial charge is 0.482 e. The molecule has 1 aromatic heterocycles. The number of nitrogens with one attached hydrogen (secondary N) is 1. The Morgan fingerprint density at radius 2 is 1.82 bits per heavy atom. The molecule has 174 valence electrons. The van der Waals surface area contributed by atoms with Gasteiger partial charge in [0.05, 0.1) is 11.4 Å². The number of nitrogens with zero attached hydrogens (tertiary/aromatic N) is 2. The quantitative estimate of drug-likeness (QED) is 0.583. The Morgan fingerprint density at radius 1 is 1.06 bits per heavy atom. The highest BCUT2D eigenvalue weighted by Crippen LogP contribution is 2.38. The van der Waals surface area contributed by atoms with Gasteiger partial charge in [0, 0.05) is 24.6 Å². The lowest BCUT2D eigenvalue weighted by atomic mass is 9.78. The predicted octanol–water partition coefficient (Wildman–Crippen LogP) is 4.38. The molecule has 1 atom stereocenters. The van der Waals surface area contributed by atoms with Crippen molar-refractivity contribution in [1.82, 2.24) is 9.88 Å². The van der Waals surface area contributed by atoms with Crippen LogP contribution in [0, 0.1) is 17.7 Å². The summed E-state index contributed by atoms with van der Waals surface area (Å²) < 4.78 is 32.8. The van der Waals surface area contributed by atoms with Gasteiger partial charge in [-0.05, 0) is 66.8 Å². The van der Waals surface area contributed by atoms with Gasteiger partial charge in [-0.3, -0.25) is 9.59 Å². The number of hydrogen-bond donors (Lipinski definition) is 1. The molecule has 3 heterocycles. The summed E-state index contributed by atoms with van der Waals surface area (Å²) in [5, 5.41) is 2.73. The molecule has 34 heavy (non-hydrogen) atoms. The van der Waals surface area contributed by atoms with Crippen LogP contribution in [0.5, 0.6) is 5.75 Å². The molecule has 1 fully saturated rings. The van der Waals surface area contributed by atoms with Gasteiger partial charge in [0.25, 0.3) is 11.8 Å². The van der Waals surface area contributed by atoms with Gasteiger partial charge in [-0.1, -0.05) is 18.2 Å². The van der Waals surface area contributed by atoms with Gasteiger partial charge in [0.1, 0.15) is 11.6 Å². The molecule has 0 aliphatic carbocycles. The number of amides is 2. The zero-order chi connectivity index (χ0) is 23.7. The minimum Gasteiger partial charge on any atom is -0.482 e. The number of carbonyl (C=O) groups excluding carboxylic acids is 2. The number of halogens is 2. The number of anilines is 1. The fourth-order valence-corrected chi connectivity index (χ4v) is 4.79. The number of ether oxygens (including phenoxy) is 1. The Kier molecular flexibility index (Phi) is 5.96. The number of aromatic nitrogens is 1. The number of likely N-dealkylation sites (tertiary alicyclic amines) is 1. The molecule has 8 heteroatoms. The zero-order valence-electron chi connectivity index (χ0n) is 18.3. The summed E-state index contributed by atoms with van der Waals surface area (Å²) in [6, 6.07) is 16.0. The van der Waals surface area contributed by atoms with Crippen molar-refractivity contribution >= 4 is 17.5 Å². The van der Waals surface area contributed by atoms with Gasteiger partial charge in [-0.15, -0.1) is 0 Å². The molecule has 6 nitrogen and oxygen atoms in total. The minimum atomic E-state index is -0.555. The molecule has 1 saturated heterocycles. The first kappa shape index (κ1) is 22.0. The predicted molar refractivity (Wildman–Crippen MR) is 122 cm³/mol. The van der Waals surface area contributed by atoms with E-state index >= 15 is 0 Å². The molecule has 2 aliphatic rings. The third-order valence-electron chi connectivity index (χ3n) is 6.44. The molecule has 0 spiro atoms. The van der Waals surface area contributed by atoms with E-state index in [1.54, 1.807) is 47.4 Å². The van der Waals surface area contributed by atoms with Crippen LogP contribution in [-0.4, -0.2) is 41.4 Å². The Labute approximate surface area is 195 Å². The fourth-order valence-electron chi connectivity index (χ4n) is 4.79. The normalized spacial score (nSPS) is 16.9. The molecule has 0 bridgehead atoms. The standard InChI is InChI=1S/C26H23F2N3O3/c27-19-7-4-16(5-8-19)25(20-2-1-3-23(28)29-20)17-10-12-31(13-11-17)26(33)18-6-9-22-21(14-18)30-24(32)15-34-22/h1-9,14,17,25H,10-13,15H2,(H,30,32)/t25-/m1/s1. The fraction of sp³-hybridized carbons (Fsp3) is 0.269. The van der Waals surface area contributed by atoms with Crippen molar-refractivity contribution in [3.8, 4) is 5.75 Å². The van der Waals surface area contributed by atoms with E-state index in [-0.39, 0.29) is 36.1 Å². The van der Waals surface area contributed by atoms with Crippen LogP contribution >= 0.6 is 0 Å². The Bertz CT molecular complexity index is 1220. The van der Waals surface area contributed by atoms with E-state index in [1.807, 2.05) is 0 Å². The van der Waals surface area contributed by atoms with E-state index in [0.29, 0.717) is 48.6 Å². The van der Waals surface area contributed by atoms with Crippen LogP contribution in [0.25, 0.3) is 0 Å². The highest BCUT2D eigenvalue weighted by atomic mass is 19.1. The second-order valence-corrected chi connectivity index (χ2v) is 8.59. The Balaban J connectivity index is 1.33. The van der Waals surface area contributed by atoms with Crippen LogP contribution in [-0.2, 0) is 4.79 Å². The molecule has 0 saturated carbocycles. The molecule has 0 unspecified atom stereocenters. The number of piperidine rings is 1. The first-order valence-electron chi connectivity index (χ1n) is 11.2. The van der Waals surface area contributed by atoms with Crippen LogP contribution in [0.2, 0.25) is 0 Å². The van der Waals surface area contributed by atoms with Gasteiger partial charge in [0.2, 0.25) is 5.95 Å². The molecule has 2 aromatic carbocycles. The number of carbonyl (C=O) groups is 2. The molecule has 2 aliphatic heterocycles. The second-order valence-electron chi connectivity index (χ2n) is 8.59. The van der Waals surface area contributed by atoms with Crippen molar-refractivity contribution in [1.29, 1.82) is 0 Å². The molecule has 2 amide bonds. The lowest BCUT2D eigenvalue weighted by Gasteiger charge is -2.36. The first-order valence-corrected chi connectivity index (χ1v) is 11.2. The van der Waals surface area contributed by atoms with Gasteiger partial charge in [-0.25, -0.2) is 9.37 Å². The molecular weight excluding hydrogens is 440 g/mol. The summed E-state index contributed by atoms with van der Waals surface area (Å²) in [5.41, 5.74) is 2.44. The lowest BCUT2D eigenvalue weighted by molar-refractivity contribution is -0.118. The van der Waals surface area contributed by atoms with Crippen LogP contribution in [0.1, 0.15) is 40.4 Å². The second kappa shape index (κ2) is 9.21. The number of hydrogen-bond acceptors (Lipinski definition) is 4. The van der Waals surface area contributed by atoms with E-state index in [2.05, 4.69) is 10.3 Å². The smallest absolute Gasteiger partial charge is 0.262 e. The third kappa shape index (κ3) is 4.48. The van der Waals surface area contributed by atoms with E-state index < -0.39 is 5.95 Å². The maximum Gasteiger partial charge on any atom is 0.262 e. The Hall–Kier alpha value is -3.81. The Morgan fingerprint density at radius 3 is 2.56 bits per heavy atom. The molecule has 0 radical (unpaired) electrons. The zero-order valence-corrected chi connectivity index (χ0v) is 18.3. The lowest BCUT2D eigenvalue weighted by Crippen LogP contribution is -2.40. The van der Waals surface area contributed by atoms with E-state index in [0.717, 1.165) is 5.56 Å². The van der Waals surface area contributed by atoms with Crippen LogP contribution in [0.3, 0.4) is 0 Å². The van der Waals surface area contributed by atoms with E-state index in [9.17, 15) is 18.4 Å². The van der Waals surface area contributed by atoms with Crippen LogP contribution in [0.4, 0.5) is 14.5 Å². The topological polar surface area (TPSA) is 71.5 Å². The maximum absolute atomic E-state index is 13.9. The maximum atomic E-state index is 13.9. The van der Waals surface area contributed by atoms with Crippen LogP contribution in [0.15, 0.2) is 60.7 Å². The van der Waals surface area contributed by atoms with Crippen molar-refractivity contribution < 1.29 is 23.1 Å². The van der Waals surface area contributed by atoms with Crippen molar-refractivity contribution in [3.05, 3.63) is 89.2 Å². The number of fused-ring (bicyclic) bond motifs is 1. The number of rotatable bonds is 4. The third-order valence-corrected chi connectivity index (χ3v) is 6.44. The van der Waals surface area contributed by atoms with Crippen LogP contribution < -0.4 is 10.1 Å². The van der Waals surface area contributed by atoms with Crippen molar-refractivity contribution in [2.24, 2.45) is 5.92 Å². The highest BCUT2D eigenvalue weighted by molar-refractivity contribution is 5.99. The van der Waals surface area contributed by atoms with Gasteiger partial charge < -0.3 is 15.0 Å². The summed E-state index contributed by atoms with van der Waals surface area (Å²) in [5.74, 6) is -0.814. The van der Waals surface area contributed by atoms with Crippen molar-refractivity contribution in [3.63, 3.8) is 0 Å². The number of benzene rings is 2. The summed E-state index contributed by atoms with van der Waals surface area (Å²) in [7, 11) is 0. The summed E-state index contributed by atoms with van der Waals surface area (Å²) in [4.78, 5) is 30.6. The summed E-state index contributed by atoms with van der Waals surface area (Å²) in [6.45, 7) is 1.01. The van der Waals surface area contributed by atoms with Gasteiger partial charge >= 0.3 is 0 Å². The summed E-state index contributed by atoms with van der Waals surface area (Å²) >= 11 is 0. The average Bonchev–Trinajstić information content (AvgIpc) is 2.85. The van der Waals surface area contributed by atoms with Gasteiger partial charge in [0.15, 0.2) is 6.61 Å². The number of pyridine rings is 1. The average molecular weight is 463 g/mol. The molecule has 3 aromatic rings. The monoisotopic (exact) mass is 463 g/mol. The van der Waals surface area contributed by atoms with E-state index in [1.165, 1.54) is 18.2 Å². The highest BCUT2D eigenvalue weighted by Gasteiger charge is 2.32. The van der Waals surface area contributed by atoms with Crippen molar-refractivity contribution in [2.45, 2.75) is 18.8 Å². The molecule has 5 rings (SSSR count). The SMILES string of the molecule is O=C1COc2ccc(C(=O)N3CCC([C@@H](c4ccc(F)cc4)c4cccc(F)n4)CC3)cc2N1. The van der Waals surface area contributed by atoms with Crippen molar-refractivity contribution in [2.75, 3.05) is 25.0 Å².